The molecule has 0 aliphatic carbocycles. The number of hydrogen-bond acceptors (Lipinski definition) is 3. The van der Waals surface area contributed by atoms with Gasteiger partial charge >= 0.3 is 0 Å². The highest BCUT2D eigenvalue weighted by Gasteiger charge is 2.21. The van der Waals surface area contributed by atoms with Gasteiger partial charge in [0.2, 0.25) is 11.8 Å². The quantitative estimate of drug-likeness (QED) is 0.660. The van der Waals surface area contributed by atoms with Gasteiger partial charge in [0.25, 0.3) is 0 Å². The van der Waals surface area contributed by atoms with Crippen LogP contribution in [0.5, 0.6) is 0 Å². The first-order valence-electron chi connectivity index (χ1n) is 4.79. The van der Waals surface area contributed by atoms with Gasteiger partial charge in [-0.05, 0) is 5.75 Å². The van der Waals surface area contributed by atoms with Crippen molar-refractivity contribution in [3.8, 4) is 0 Å². The van der Waals surface area contributed by atoms with E-state index in [1.807, 2.05) is 0 Å². The van der Waals surface area contributed by atoms with E-state index in [1.54, 1.807) is 16.7 Å². The molecule has 0 aromatic rings. The molecule has 0 spiro atoms. The number of rotatable bonds is 2. The van der Waals surface area contributed by atoms with Crippen molar-refractivity contribution in [3.05, 3.63) is 0 Å². The molecule has 0 aromatic heterocycles. The Hall–Kier alpha value is -0.710. The van der Waals surface area contributed by atoms with Crippen molar-refractivity contribution in [1.29, 1.82) is 0 Å². The zero-order valence-corrected chi connectivity index (χ0v) is 9.30. The molecule has 1 fully saturated rings. The number of nitrogens with zero attached hydrogens (tertiary/aromatic N) is 2. The molecule has 0 saturated carbocycles. The number of carbonyl (C=O) groups is 2. The average Bonchev–Trinajstić information content (AvgIpc) is 2.18. The molecule has 1 saturated heterocycles. The van der Waals surface area contributed by atoms with E-state index >= 15 is 0 Å². The molecule has 4 nitrogen and oxygen atoms in total. The monoisotopic (exact) mass is 216 g/mol. The Balaban J connectivity index is 2.35. The van der Waals surface area contributed by atoms with Gasteiger partial charge in [0.05, 0.1) is 0 Å². The second-order valence-corrected chi connectivity index (χ2v) is 3.81. The first-order valence-corrected chi connectivity index (χ1v) is 5.42. The molecule has 5 heteroatoms. The topological polar surface area (TPSA) is 40.6 Å². The molecule has 0 N–H and O–H groups in total. The maximum atomic E-state index is 11.4. The van der Waals surface area contributed by atoms with Gasteiger partial charge in [-0.25, -0.2) is 0 Å². The van der Waals surface area contributed by atoms with Crippen molar-refractivity contribution in [1.82, 2.24) is 9.80 Å². The van der Waals surface area contributed by atoms with Crippen LogP contribution in [0.4, 0.5) is 0 Å². The number of hydrogen-bond donors (Lipinski definition) is 1. The third kappa shape index (κ3) is 2.90. The molecule has 0 unspecified atom stereocenters. The average molecular weight is 216 g/mol. The van der Waals surface area contributed by atoms with Crippen LogP contribution in [0.3, 0.4) is 0 Å². The third-order valence-electron chi connectivity index (χ3n) is 2.40. The fourth-order valence-corrected chi connectivity index (χ4v) is 1.72. The second kappa shape index (κ2) is 5.24. The van der Waals surface area contributed by atoms with E-state index in [9.17, 15) is 9.59 Å². The molecule has 1 rings (SSSR count). The van der Waals surface area contributed by atoms with Crippen molar-refractivity contribution in [2.24, 2.45) is 0 Å². The van der Waals surface area contributed by atoms with Gasteiger partial charge in [-0.15, -0.1) is 0 Å². The SMILES string of the molecule is CC(=O)N1CCN(C(=O)CCS)CC1. The summed E-state index contributed by atoms with van der Waals surface area (Å²) in [5, 5.41) is 0. The van der Waals surface area contributed by atoms with Gasteiger partial charge in [-0.3, -0.25) is 9.59 Å². The highest BCUT2D eigenvalue weighted by atomic mass is 32.1. The van der Waals surface area contributed by atoms with Crippen molar-refractivity contribution in [2.45, 2.75) is 13.3 Å². The van der Waals surface area contributed by atoms with E-state index in [4.69, 9.17) is 0 Å². The molecular weight excluding hydrogens is 200 g/mol. The zero-order valence-electron chi connectivity index (χ0n) is 8.40. The van der Waals surface area contributed by atoms with Crippen molar-refractivity contribution in [2.75, 3.05) is 31.9 Å². The minimum atomic E-state index is 0.0892. The summed E-state index contributed by atoms with van der Waals surface area (Å²) in [5.74, 6) is 0.820. The van der Waals surface area contributed by atoms with Gasteiger partial charge in [0.15, 0.2) is 0 Å². The Morgan fingerprint density at radius 1 is 1.14 bits per heavy atom. The summed E-state index contributed by atoms with van der Waals surface area (Å²) in [4.78, 5) is 26.0. The molecule has 14 heavy (non-hydrogen) atoms. The summed E-state index contributed by atoms with van der Waals surface area (Å²) in [7, 11) is 0. The highest BCUT2D eigenvalue weighted by molar-refractivity contribution is 7.80. The first-order chi connectivity index (χ1) is 6.65. The smallest absolute Gasteiger partial charge is 0.223 e. The molecule has 1 aliphatic heterocycles. The Kier molecular flexibility index (Phi) is 4.25. The molecule has 2 amide bonds. The van der Waals surface area contributed by atoms with Crippen LogP contribution in [0, 0.1) is 0 Å². The van der Waals surface area contributed by atoms with Crippen molar-refractivity contribution >= 4 is 24.4 Å². The summed E-state index contributed by atoms with van der Waals surface area (Å²) in [6.07, 6.45) is 0.489. The van der Waals surface area contributed by atoms with Crippen LogP contribution in [0.2, 0.25) is 0 Å². The first kappa shape index (κ1) is 11.4. The molecular formula is C9H16N2O2S. The Morgan fingerprint density at radius 3 is 2.07 bits per heavy atom. The van der Waals surface area contributed by atoms with Crippen molar-refractivity contribution < 1.29 is 9.59 Å². The maximum Gasteiger partial charge on any atom is 0.223 e. The van der Waals surface area contributed by atoms with E-state index in [2.05, 4.69) is 12.6 Å². The molecule has 0 aromatic carbocycles. The third-order valence-corrected chi connectivity index (χ3v) is 2.63. The molecule has 0 bridgehead atoms. The Labute approximate surface area is 89.7 Å². The van der Waals surface area contributed by atoms with E-state index in [0.29, 0.717) is 38.4 Å². The van der Waals surface area contributed by atoms with Crippen LogP contribution in [-0.2, 0) is 9.59 Å². The standard InChI is InChI=1S/C9H16N2O2S/c1-8(12)10-3-5-11(6-4-10)9(13)2-7-14/h14H,2-7H2,1H3. The van der Waals surface area contributed by atoms with E-state index in [-0.39, 0.29) is 11.8 Å². The van der Waals surface area contributed by atoms with E-state index in [0.717, 1.165) is 0 Å². The molecule has 0 radical (unpaired) electrons. The normalized spacial score (nSPS) is 17.0. The Morgan fingerprint density at radius 2 is 1.64 bits per heavy atom. The maximum absolute atomic E-state index is 11.4. The number of thiol groups is 1. The van der Waals surface area contributed by atoms with Gasteiger partial charge in [0.1, 0.15) is 0 Å². The van der Waals surface area contributed by atoms with Crippen molar-refractivity contribution in [3.63, 3.8) is 0 Å². The van der Waals surface area contributed by atoms with Gasteiger partial charge in [-0.1, -0.05) is 0 Å². The largest absolute Gasteiger partial charge is 0.339 e. The minimum Gasteiger partial charge on any atom is -0.339 e. The zero-order chi connectivity index (χ0) is 10.6. The number of amides is 2. The van der Waals surface area contributed by atoms with Crippen LogP contribution in [0.25, 0.3) is 0 Å². The van der Waals surface area contributed by atoms with Gasteiger partial charge in [0, 0.05) is 39.5 Å². The Bertz CT molecular complexity index is 225. The van der Waals surface area contributed by atoms with Gasteiger partial charge in [-0.2, -0.15) is 12.6 Å². The van der Waals surface area contributed by atoms with Crippen LogP contribution < -0.4 is 0 Å². The van der Waals surface area contributed by atoms with E-state index in [1.165, 1.54) is 0 Å². The lowest BCUT2D eigenvalue weighted by Crippen LogP contribution is -2.50. The number of piperazine rings is 1. The second-order valence-electron chi connectivity index (χ2n) is 3.36. The summed E-state index contributed by atoms with van der Waals surface area (Å²) < 4.78 is 0. The van der Waals surface area contributed by atoms with Gasteiger partial charge < -0.3 is 9.80 Å². The summed E-state index contributed by atoms with van der Waals surface area (Å²) in [6, 6.07) is 0. The molecule has 0 atom stereocenters. The molecule has 1 heterocycles. The van der Waals surface area contributed by atoms with Crippen LogP contribution in [0.15, 0.2) is 0 Å². The van der Waals surface area contributed by atoms with E-state index < -0.39 is 0 Å². The minimum absolute atomic E-state index is 0.0892. The van der Waals surface area contributed by atoms with Crippen LogP contribution >= 0.6 is 12.6 Å². The molecule has 80 valence electrons. The number of carbonyl (C=O) groups excluding carboxylic acids is 2. The lowest BCUT2D eigenvalue weighted by molar-refractivity contribution is -0.138. The lowest BCUT2D eigenvalue weighted by atomic mass is 10.3. The summed E-state index contributed by atoms with van der Waals surface area (Å²) >= 11 is 4.02. The lowest BCUT2D eigenvalue weighted by Gasteiger charge is -2.34. The highest BCUT2D eigenvalue weighted by Crippen LogP contribution is 2.04. The predicted octanol–water partition coefficient (Wildman–Crippen LogP) is -0.00300. The van der Waals surface area contributed by atoms with Crippen LogP contribution in [0.1, 0.15) is 13.3 Å². The predicted molar refractivity (Wildman–Crippen MR) is 57.3 cm³/mol. The fourth-order valence-electron chi connectivity index (χ4n) is 1.52. The summed E-state index contributed by atoms with van der Waals surface area (Å²) in [5.41, 5.74) is 0. The fraction of sp³-hybridized carbons (Fsp3) is 0.778. The van der Waals surface area contributed by atoms with Crippen LogP contribution in [-0.4, -0.2) is 53.5 Å². The summed E-state index contributed by atoms with van der Waals surface area (Å²) in [6.45, 7) is 4.20. The molecule has 1 aliphatic rings.